The number of para-hydroxylation sites is 1. The molecule has 0 aliphatic rings. The first-order chi connectivity index (χ1) is 16.7. The van der Waals surface area contributed by atoms with Gasteiger partial charge in [-0.15, -0.1) is 10.2 Å². The van der Waals surface area contributed by atoms with Gasteiger partial charge in [-0.05, 0) is 23.8 Å². The number of halogens is 1. The normalized spacial score (nSPS) is 11.1. The topological polar surface area (TPSA) is 83.0 Å². The Bertz CT molecular complexity index is 1490. The Morgan fingerprint density at radius 1 is 0.912 bits per heavy atom. The molecule has 0 unspecified atom stereocenters. The van der Waals surface area contributed by atoms with E-state index >= 15 is 0 Å². The summed E-state index contributed by atoms with van der Waals surface area (Å²) in [5, 5.41) is 15.1. The summed E-state index contributed by atoms with van der Waals surface area (Å²) in [4.78, 5) is 13.0. The van der Waals surface area contributed by atoms with Crippen LogP contribution in [0.5, 0.6) is 5.75 Å². The minimum Gasteiger partial charge on any atom is -0.491 e. The third-order valence-corrected chi connectivity index (χ3v) is 6.15. The van der Waals surface area contributed by atoms with Crippen LogP contribution in [0, 0.1) is 0 Å². The molecule has 2 heterocycles. The van der Waals surface area contributed by atoms with Crippen molar-refractivity contribution in [3.63, 3.8) is 0 Å². The lowest BCUT2D eigenvalue weighted by Crippen LogP contribution is -2.24. The molecule has 0 amide bonds. The number of thioether (sulfide) groups is 1. The van der Waals surface area contributed by atoms with Gasteiger partial charge in [-0.1, -0.05) is 84.0 Å². The third kappa shape index (κ3) is 4.83. The number of benzene rings is 3. The molecule has 0 aliphatic carbocycles. The van der Waals surface area contributed by atoms with Crippen molar-refractivity contribution in [2.45, 2.75) is 11.8 Å². The Kier molecular flexibility index (Phi) is 6.60. The summed E-state index contributed by atoms with van der Waals surface area (Å²) >= 11 is 7.48. The SMILES string of the molecule is O=c1c2ccccc2c(-c2nnc(SCCOc3ccccc3Cl)o2)nn1Cc1ccccc1. The van der Waals surface area contributed by atoms with E-state index in [1.54, 1.807) is 12.1 Å². The molecule has 5 rings (SSSR count). The maximum Gasteiger partial charge on any atom is 0.277 e. The minimum atomic E-state index is -0.172. The second-order valence-electron chi connectivity index (χ2n) is 7.34. The number of ether oxygens (including phenoxy) is 1. The first-order valence-electron chi connectivity index (χ1n) is 10.6. The smallest absolute Gasteiger partial charge is 0.277 e. The van der Waals surface area contributed by atoms with Gasteiger partial charge in [-0.3, -0.25) is 4.79 Å². The van der Waals surface area contributed by atoms with Gasteiger partial charge in [-0.2, -0.15) is 5.10 Å². The molecule has 170 valence electrons. The van der Waals surface area contributed by atoms with Gasteiger partial charge in [0.05, 0.1) is 23.6 Å². The van der Waals surface area contributed by atoms with E-state index in [1.807, 2.05) is 66.7 Å². The van der Waals surface area contributed by atoms with Crippen LogP contribution >= 0.6 is 23.4 Å². The molecule has 0 saturated carbocycles. The van der Waals surface area contributed by atoms with E-state index in [4.69, 9.17) is 20.8 Å². The maximum absolute atomic E-state index is 13.0. The summed E-state index contributed by atoms with van der Waals surface area (Å²) in [5.41, 5.74) is 1.27. The average molecular weight is 491 g/mol. The van der Waals surface area contributed by atoms with E-state index in [9.17, 15) is 4.79 Å². The van der Waals surface area contributed by atoms with Gasteiger partial charge in [0, 0.05) is 11.1 Å². The number of nitrogens with zero attached hydrogens (tertiary/aromatic N) is 4. The molecule has 9 heteroatoms. The van der Waals surface area contributed by atoms with Crippen molar-refractivity contribution in [2.24, 2.45) is 0 Å². The van der Waals surface area contributed by atoms with Gasteiger partial charge in [-0.25, -0.2) is 4.68 Å². The Balaban J connectivity index is 1.37. The van der Waals surface area contributed by atoms with Crippen LogP contribution in [0.25, 0.3) is 22.4 Å². The molecule has 0 atom stereocenters. The second kappa shape index (κ2) is 10.1. The van der Waals surface area contributed by atoms with Crippen molar-refractivity contribution in [2.75, 3.05) is 12.4 Å². The molecule has 0 bridgehead atoms. The minimum absolute atomic E-state index is 0.172. The number of hydrogen-bond donors (Lipinski definition) is 0. The Labute approximate surface area is 204 Å². The molecular formula is C25H19ClN4O3S. The third-order valence-electron chi connectivity index (χ3n) is 5.06. The first-order valence-corrected chi connectivity index (χ1v) is 11.9. The lowest BCUT2D eigenvalue weighted by atomic mass is 10.1. The van der Waals surface area contributed by atoms with Crippen molar-refractivity contribution < 1.29 is 9.15 Å². The number of hydrogen-bond acceptors (Lipinski definition) is 7. The quantitative estimate of drug-likeness (QED) is 0.215. The Hall–Kier alpha value is -3.62. The molecule has 0 saturated heterocycles. The first kappa shape index (κ1) is 22.2. The highest BCUT2D eigenvalue weighted by molar-refractivity contribution is 7.99. The van der Waals surface area contributed by atoms with E-state index < -0.39 is 0 Å². The van der Waals surface area contributed by atoms with Crippen LogP contribution in [0.1, 0.15) is 5.56 Å². The molecule has 3 aromatic carbocycles. The van der Waals surface area contributed by atoms with Gasteiger partial charge in [0.15, 0.2) is 5.69 Å². The monoisotopic (exact) mass is 490 g/mol. The van der Waals surface area contributed by atoms with Gasteiger partial charge < -0.3 is 9.15 Å². The van der Waals surface area contributed by atoms with Gasteiger partial charge in [0.25, 0.3) is 16.7 Å². The predicted octanol–water partition coefficient (Wildman–Crippen LogP) is 5.32. The van der Waals surface area contributed by atoms with Gasteiger partial charge >= 0.3 is 0 Å². The van der Waals surface area contributed by atoms with Crippen molar-refractivity contribution in [1.82, 2.24) is 20.0 Å². The van der Waals surface area contributed by atoms with Crippen LogP contribution in [0.15, 0.2) is 93.3 Å². The number of aromatic nitrogens is 4. The molecule has 7 nitrogen and oxygen atoms in total. The maximum atomic E-state index is 13.0. The zero-order chi connectivity index (χ0) is 23.3. The summed E-state index contributed by atoms with van der Waals surface area (Å²) in [6, 6.07) is 24.3. The van der Waals surface area contributed by atoms with Crippen LogP contribution in [-0.4, -0.2) is 32.3 Å². The largest absolute Gasteiger partial charge is 0.491 e. The molecule has 0 N–H and O–H groups in total. The predicted molar refractivity (Wildman–Crippen MR) is 133 cm³/mol. The molecule has 34 heavy (non-hydrogen) atoms. The summed E-state index contributed by atoms with van der Waals surface area (Å²) in [6.45, 7) is 0.766. The molecular weight excluding hydrogens is 472 g/mol. The Morgan fingerprint density at radius 2 is 1.65 bits per heavy atom. The van der Waals surface area contributed by atoms with Gasteiger partial charge in [0.1, 0.15) is 5.75 Å². The summed E-state index contributed by atoms with van der Waals surface area (Å²) in [6.07, 6.45) is 0. The van der Waals surface area contributed by atoms with Crippen LogP contribution in [0.4, 0.5) is 0 Å². The lowest BCUT2D eigenvalue weighted by Gasteiger charge is -2.09. The van der Waals surface area contributed by atoms with Crippen molar-refractivity contribution >= 4 is 34.1 Å². The van der Waals surface area contributed by atoms with Crippen molar-refractivity contribution in [3.8, 4) is 17.3 Å². The van der Waals surface area contributed by atoms with Crippen LogP contribution in [0.2, 0.25) is 5.02 Å². The van der Waals surface area contributed by atoms with Crippen LogP contribution < -0.4 is 10.3 Å². The summed E-state index contributed by atoms with van der Waals surface area (Å²) in [5.74, 6) is 1.48. The van der Waals surface area contributed by atoms with E-state index in [-0.39, 0.29) is 11.4 Å². The number of rotatable bonds is 8. The van der Waals surface area contributed by atoms with E-state index in [2.05, 4.69) is 15.3 Å². The highest BCUT2D eigenvalue weighted by atomic mass is 35.5. The van der Waals surface area contributed by atoms with Crippen LogP contribution in [0.3, 0.4) is 0 Å². The fraction of sp³-hybridized carbons (Fsp3) is 0.120. The molecule has 0 fully saturated rings. The highest BCUT2D eigenvalue weighted by Crippen LogP contribution is 2.27. The van der Waals surface area contributed by atoms with Crippen LogP contribution in [-0.2, 0) is 6.54 Å². The van der Waals surface area contributed by atoms with Crippen molar-refractivity contribution in [3.05, 3.63) is 99.8 Å². The average Bonchev–Trinajstić information content (AvgIpc) is 3.34. The zero-order valence-electron chi connectivity index (χ0n) is 17.9. The standard InChI is InChI=1S/C25H19ClN4O3S/c26-20-12-6-7-13-21(20)32-14-15-34-25-28-27-23(33-25)22-18-10-4-5-11-19(18)24(31)30(29-22)16-17-8-2-1-3-9-17/h1-13H,14-16H2. The van der Waals surface area contributed by atoms with E-state index in [1.165, 1.54) is 16.4 Å². The molecule has 5 aromatic rings. The molecule has 0 spiro atoms. The zero-order valence-corrected chi connectivity index (χ0v) is 19.5. The fourth-order valence-electron chi connectivity index (χ4n) is 3.46. The van der Waals surface area contributed by atoms with E-state index in [0.717, 1.165) is 5.56 Å². The molecule has 2 aromatic heterocycles. The Morgan fingerprint density at radius 3 is 2.47 bits per heavy atom. The number of fused-ring (bicyclic) bond motifs is 1. The molecule has 0 aliphatic heterocycles. The highest BCUT2D eigenvalue weighted by Gasteiger charge is 2.18. The van der Waals surface area contributed by atoms with Gasteiger partial charge in [0.2, 0.25) is 0 Å². The molecule has 0 radical (unpaired) electrons. The van der Waals surface area contributed by atoms with E-state index in [0.29, 0.717) is 51.4 Å². The second-order valence-corrected chi connectivity index (χ2v) is 8.80. The fourth-order valence-corrected chi connectivity index (χ4v) is 4.23. The summed E-state index contributed by atoms with van der Waals surface area (Å²) in [7, 11) is 0. The van der Waals surface area contributed by atoms with Crippen molar-refractivity contribution in [1.29, 1.82) is 0 Å². The lowest BCUT2D eigenvalue weighted by molar-refractivity contribution is 0.343. The summed E-state index contributed by atoms with van der Waals surface area (Å²) < 4.78 is 13.0.